The van der Waals surface area contributed by atoms with Gasteiger partial charge in [0.25, 0.3) is 0 Å². The summed E-state index contributed by atoms with van der Waals surface area (Å²) in [4.78, 5) is 23.9. The van der Waals surface area contributed by atoms with Gasteiger partial charge in [-0.25, -0.2) is 0 Å². The van der Waals surface area contributed by atoms with Gasteiger partial charge in [-0.3, -0.25) is 9.59 Å². The molecule has 0 saturated heterocycles. The molecule has 0 radical (unpaired) electrons. The number of hydrogen-bond donors (Lipinski definition) is 1. The van der Waals surface area contributed by atoms with Crippen molar-refractivity contribution < 1.29 is 14.3 Å². The van der Waals surface area contributed by atoms with Crippen LogP contribution in [0.5, 0.6) is 0 Å². The van der Waals surface area contributed by atoms with Gasteiger partial charge in [0, 0.05) is 0 Å². The molecule has 0 spiro atoms. The number of carbonyl (C=O) groups excluding carboxylic acids is 2. The maximum absolute atomic E-state index is 12.1. The second kappa shape index (κ2) is 6.19. The highest BCUT2D eigenvalue weighted by atomic mass is 16.5. The fourth-order valence-corrected chi connectivity index (χ4v) is 2.07. The van der Waals surface area contributed by atoms with Crippen LogP contribution in [0.3, 0.4) is 0 Å². The number of hydrogen-bond acceptors (Lipinski definition) is 3. The first-order valence-corrected chi connectivity index (χ1v) is 6.03. The Hall–Kier alpha value is -1.84. The Kier molecular flexibility index (Phi) is 4.89. The van der Waals surface area contributed by atoms with Gasteiger partial charge in [-0.2, -0.15) is 0 Å². The van der Waals surface area contributed by atoms with Crippen molar-refractivity contribution in [3.8, 4) is 0 Å². The van der Waals surface area contributed by atoms with E-state index in [9.17, 15) is 9.59 Å². The average Bonchev–Trinajstić information content (AvgIpc) is 2.40. The van der Waals surface area contributed by atoms with Gasteiger partial charge in [-0.15, -0.1) is 0 Å². The molecule has 0 aliphatic heterocycles. The number of methoxy groups -OCH3 is 1. The van der Waals surface area contributed by atoms with Gasteiger partial charge in [0.1, 0.15) is 0 Å². The molecule has 2 N–H and O–H groups in total. The van der Waals surface area contributed by atoms with E-state index < -0.39 is 17.3 Å². The van der Waals surface area contributed by atoms with E-state index >= 15 is 0 Å². The Morgan fingerprint density at radius 3 is 2.33 bits per heavy atom. The Bertz CT molecular complexity index is 416. The quantitative estimate of drug-likeness (QED) is 0.617. The Morgan fingerprint density at radius 2 is 1.89 bits per heavy atom. The highest BCUT2D eigenvalue weighted by Crippen LogP contribution is 2.31. The fourth-order valence-electron chi connectivity index (χ4n) is 2.07. The lowest BCUT2D eigenvalue weighted by molar-refractivity contribution is -0.152. The first kappa shape index (κ1) is 14.2. The topological polar surface area (TPSA) is 69.4 Å². The monoisotopic (exact) mass is 249 g/mol. The normalized spacial score (nSPS) is 13.7. The number of rotatable bonds is 6. The van der Waals surface area contributed by atoms with Crippen molar-refractivity contribution in [1.29, 1.82) is 0 Å². The van der Waals surface area contributed by atoms with E-state index in [2.05, 4.69) is 0 Å². The van der Waals surface area contributed by atoms with Crippen LogP contribution in [0.4, 0.5) is 0 Å². The van der Waals surface area contributed by atoms with E-state index in [-0.39, 0.29) is 0 Å². The number of ether oxygens (including phenoxy) is 1. The third-order valence-corrected chi connectivity index (χ3v) is 3.13. The molecule has 1 aromatic rings. The van der Waals surface area contributed by atoms with Gasteiger partial charge in [-0.05, 0) is 12.0 Å². The molecule has 0 aliphatic carbocycles. The van der Waals surface area contributed by atoms with Crippen LogP contribution in [0.2, 0.25) is 0 Å². The minimum absolute atomic E-state index is 0.371. The maximum atomic E-state index is 12.1. The van der Waals surface area contributed by atoms with Crippen LogP contribution in [-0.4, -0.2) is 19.0 Å². The van der Waals surface area contributed by atoms with Gasteiger partial charge >= 0.3 is 5.97 Å². The molecule has 98 valence electrons. The number of benzene rings is 1. The van der Waals surface area contributed by atoms with Gasteiger partial charge in [-0.1, -0.05) is 50.1 Å². The van der Waals surface area contributed by atoms with Crippen LogP contribution in [0.15, 0.2) is 30.3 Å². The van der Waals surface area contributed by atoms with Crippen LogP contribution in [0.1, 0.15) is 31.7 Å². The summed E-state index contributed by atoms with van der Waals surface area (Å²) >= 11 is 0. The van der Waals surface area contributed by atoms with E-state index in [1.807, 2.05) is 13.0 Å². The van der Waals surface area contributed by atoms with Crippen LogP contribution in [0, 0.1) is 0 Å². The first-order valence-electron chi connectivity index (χ1n) is 6.03. The van der Waals surface area contributed by atoms with Crippen molar-refractivity contribution in [2.24, 2.45) is 5.73 Å². The SMILES string of the molecule is CCCC[C@@](C(N)=O)(C(=O)OC)c1ccccc1. The summed E-state index contributed by atoms with van der Waals surface area (Å²) in [6, 6.07) is 8.85. The van der Waals surface area contributed by atoms with Crippen LogP contribution in [-0.2, 0) is 19.7 Å². The molecule has 18 heavy (non-hydrogen) atoms. The second-order valence-corrected chi connectivity index (χ2v) is 4.23. The van der Waals surface area contributed by atoms with E-state index in [4.69, 9.17) is 10.5 Å². The van der Waals surface area contributed by atoms with Gasteiger partial charge in [0.15, 0.2) is 5.41 Å². The van der Waals surface area contributed by atoms with Crippen LogP contribution < -0.4 is 5.73 Å². The smallest absolute Gasteiger partial charge is 0.325 e. The molecule has 0 fully saturated rings. The third kappa shape index (κ3) is 2.53. The van der Waals surface area contributed by atoms with E-state index in [0.717, 1.165) is 12.8 Å². The molecule has 0 aromatic heterocycles. The maximum Gasteiger partial charge on any atom is 0.325 e. The van der Waals surface area contributed by atoms with Crippen molar-refractivity contribution in [2.45, 2.75) is 31.6 Å². The van der Waals surface area contributed by atoms with Gasteiger partial charge in [0.05, 0.1) is 7.11 Å². The van der Waals surface area contributed by atoms with E-state index in [1.165, 1.54) is 7.11 Å². The highest BCUT2D eigenvalue weighted by molar-refractivity contribution is 6.08. The summed E-state index contributed by atoms with van der Waals surface area (Å²) in [5.41, 5.74) is 4.71. The zero-order valence-electron chi connectivity index (χ0n) is 10.8. The fraction of sp³-hybridized carbons (Fsp3) is 0.429. The number of carbonyl (C=O) groups is 2. The van der Waals surface area contributed by atoms with Crippen LogP contribution >= 0.6 is 0 Å². The minimum atomic E-state index is -1.37. The number of unbranched alkanes of at least 4 members (excludes halogenated alkanes) is 1. The van der Waals surface area contributed by atoms with Gasteiger partial charge < -0.3 is 10.5 Å². The number of primary amides is 1. The molecular weight excluding hydrogens is 230 g/mol. The molecule has 0 heterocycles. The molecule has 1 aromatic carbocycles. The van der Waals surface area contributed by atoms with Crippen molar-refractivity contribution in [2.75, 3.05) is 7.11 Å². The second-order valence-electron chi connectivity index (χ2n) is 4.23. The zero-order chi connectivity index (χ0) is 13.6. The molecule has 1 atom stereocenters. The van der Waals surface area contributed by atoms with Crippen molar-refractivity contribution in [3.05, 3.63) is 35.9 Å². The first-order chi connectivity index (χ1) is 8.59. The third-order valence-electron chi connectivity index (χ3n) is 3.13. The molecule has 4 nitrogen and oxygen atoms in total. The summed E-state index contributed by atoms with van der Waals surface area (Å²) in [6.45, 7) is 1.99. The highest BCUT2D eigenvalue weighted by Gasteiger charge is 2.46. The number of esters is 1. The van der Waals surface area contributed by atoms with E-state index in [0.29, 0.717) is 12.0 Å². The number of nitrogens with two attached hydrogens (primary N) is 1. The minimum Gasteiger partial charge on any atom is -0.468 e. The summed E-state index contributed by atoms with van der Waals surface area (Å²) in [6.07, 6.45) is 1.97. The molecule has 0 aliphatic rings. The molecule has 0 saturated carbocycles. The molecule has 0 bridgehead atoms. The molecule has 1 rings (SSSR count). The van der Waals surface area contributed by atoms with Crippen LogP contribution in [0.25, 0.3) is 0 Å². The predicted molar refractivity (Wildman–Crippen MR) is 68.9 cm³/mol. The van der Waals surface area contributed by atoms with Crippen molar-refractivity contribution >= 4 is 11.9 Å². The molecule has 1 amide bonds. The predicted octanol–water partition coefficient (Wildman–Crippen LogP) is 1.77. The lowest BCUT2D eigenvalue weighted by Gasteiger charge is -2.28. The van der Waals surface area contributed by atoms with Crippen molar-refractivity contribution in [3.63, 3.8) is 0 Å². The average molecular weight is 249 g/mol. The summed E-state index contributed by atoms with van der Waals surface area (Å²) in [5.74, 6) is -1.25. The Balaban J connectivity index is 3.29. The standard InChI is InChI=1S/C14H19NO3/c1-3-4-10-14(12(15)16,13(17)18-2)11-8-6-5-7-9-11/h5-9H,3-4,10H2,1-2H3,(H2,15,16)/t14-/m1/s1. The van der Waals surface area contributed by atoms with E-state index in [1.54, 1.807) is 24.3 Å². The Labute approximate surface area is 107 Å². The van der Waals surface area contributed by atoms with Gasteiger partial charge in [0.2, 0.25) is 5.91 Å². The summed E-state index contributed by atoms with van der Waals surface area (Å²) in [7, 11) is 1.27. The molecule has 4 heteroatoms. The Morgan fingerprint density at radius 1 is 1.28 bits per heavy atom. The lowest BCUT2D eigenvalue weighted by atomic mass is 9.75. The zero-order valence-corrected chi connectivity index (χ0v) is 10.8. The lowest BCUT2D eigenvalue weighted by Crippen LogP contribution is -2.48. The molecule has 0 unspecified atom stereocenters. The van der Waals surface area contributed by atoms with Crippen molar-refractivity contribution in [1.82, 2.24) is 0 Å². The summed E-state index contributed by atoms with van der Waals surface area (Å²) < 4.78 is 4.79. The number of amides is 1. The summed E-state index contributed by atoms with van der Waals surface area (Å²) in [5, 5.41) is 0. The molecular formula is C14H19NO3. The largest absolute Gasteiger partial charge is 0.468 e.